The van der Waals surface area contributed by atoms with E-state index in [4.69, 9.17) is 5.10 Å². The van der Waals surface area contributed by atoms with Crippen molar-refractivity contribution in [1.29, 1.82) is 0 Å². The number of fused-ring (bicyclic) bond motifs is 2. The molecule has 2 bridgehead atoms. The lowest BCUT2D eigenvalue weighted by molar-refractivity contribution is -0.927. The molecule has 5 rings (SSSR count). The lowest BCUT2D eigenvalue weighted by atomic mass is 9.78. The van der Waals surface area contributed by atoms with Gasteiger partial charge in [0.2, 0.25) is 5.91 Å². The van der Waals surface area contributed by atoms with E-state index in [2.05, 4.69) is 40.2 Å². The number of benzene rings is 1. The van der Waals surface area contributed by atoms with E-state index in [1.807, 2.05) is 0 Å². The van der Waals surface area contributed by atoms with Crippen molar-refractivity contribution in [3.05, 3.63) is 34.3 Å². The Morgan fingerprint density at radius 1 is 1.29 bits per heavy atom. The first-order valence-electron chi connectivity index (χ1n) is 7.63. The number of nitrogens with one attached hydrogen (secondary N) is 1. The van der Waals surface area contributed by atoms with Crippen molar-refractivity contribution in [3.63, 3.8) is 0 Å². The second-order valence-corrected chi connectivity index (χ2v) is 7.21. The van der Waals surface area contributed by atoms with Crippen molar-refractivity contribution in [1.82, 2.24) is 5.01 Å². The summed E-state index contributed by atoms with van der Waals surface area (Å²) in [6, 6.07) is 8.78. The minimum atomic E-state index is 0.0461. The SMILES string of the molecule is CC(=O)N1N=C2C3CC[NH+](CC3)[C@H]2[C@H]1c1ccc(Br)cc1. The molecule has 5 heteroatoms. The fraction of sp³-hybridized carbons (Fsp3) is 0.500. The van der Waals surface area contributed by atoms with Crippen molar-refractivity contribution < 1.29 is 9.69 Å². The van der Waals surface area contributed by atoms with Crippen molar-refractivity contribution >= 4 is 27.5 Å². The minimum absolute atomic E-state index is 0.0461. The zero-order chi connectivity index (χ0) is 14.6. The summed E-state index contributed by atoms with van der Waals surface area (Å²) in [4.78, 5) is 13.7. The topological polar surface area (TPSA) is 37.1 Å². The van der Waals surface area contributed by atoms with Crippen molar-refractivity contribution in [2.75, 3.05) is 13.1 Å². The molecule has 110 valence electrons. The second-order valence-electron chi connectivity index (χ2n) is 6.30. The van der Waals surface area contributed by atoms with E-state index in [1.165, 1.54) is 37.2 Å². The Hall–Kier alpha value is -1.20. The first kappa shape index (κ1) is 13.5. The minimum Gasteiger partial charge on any atom is -0.326 e. The quantitative estimate of drug-likeness (QED) is 0.817. The number of carbonyl (C=O) groups excluding carboxylic acids is 1. The maximum absolute atomic E-state index is 12.1. The van der Waals surface area contributed by atoms with E-state index in [0.717, 1.165) is 4.47 Å². The molecule has 0 radical (unpaired) electrons. The Bertz CT molecular complexity index is 604. The van der Waals surface area contributed by atoms with Crippen molar-refractivity contribution in [2.45, 2.75) is 31.8 Å². The number of hydrazone groups is 1. The molecule has 4 aliphatic heterocycles. The van der Waals surface area contributed by atoms with Crippen LogP contribution in [0.5, 0.6) is 0 Å². The van der Waals surface area contributed by atoms with Crippen molar-refractivity contribution in [3.8, 4) is 0 Å². The number of amides is 1. The molecule has 4 heterocycles. The van der Waals surface area contributed by atoms with Gasteiger partial charge in [0.25, 0.3) is 0 Å². The number of hydrogen-bond donors (Lipinski definition) is 1. The average Bonchev–Trinajstić information content (AvgIpc) is 2.92. The summed E-state index contributed by atoms with van der Waals surface area (Å²) >= 11 is 3.49. The predicted molar refractivity (Wildman–Crippen MR) is 84.0 cm³/mol. The summed E-state index contributed by atoms with van der Waals surface area (Å²) in [6.07, 6.45) is 2.45. The van der Waals surface area contributed by atoms with Gasteiger partial charge in [0.05, 0.1) is 13.1 Å². The van der Waals surface area contributed by atoms with E-state index in [-0.39, 0.29) is 11.9 Å². The molecule has 4 aliphatic rings. The van der Waals surface area contributed by atoms with E-state index in [1.54, 1.807) is 16.8 Å². The van der Waals surface area contributed by atoms with E-state index in [0.29, 0.717) is 12.0 Å². The predicted octanol–water partition coefficient (Wildman–Crippen LogP) is 1.39. The Kier molecular flexibility index (Phi) is 3.15. The highest BCUT2D eigenvalue weighted by atomic mass is 79.9. The van der Waals surface area contributed by atoms with Crippen LogP contribution in [0.15, 0.2) is 33.8 Å². The van der Waals surface area contributed by atoms with Crippen molar-refractivity contribution in [2.24, 2.45) is 11.0 Å². The molecule has 1 N–H and O–H groups in total. The average molecular weight is 349 g/mol. The lowest BCUT2D eigenvalue weighted by Gasteiger charge is -2.42. The standard InChI is InChI=1S/C16H18BrN3O/c1-10(21)20-15(12-2-4-13(17)5-3-12)16-14(18-20)11-6-8-19(16)9-7-11/h2-5,11,15-16H,6-9H2,1H3/p+1/t15-,16-/m1/s1. The van der Waals surface area contributed by atoms with Crippen LogP contribution in [0, 0.1) is 5.92 Å². The Labute approximate surface area is 132 Å². The van der Waals surface area contributed by atoms with Crippen LogP contribution in [-0.2, 0) is 4.79 Å². The molecule has 1 aromatic carbocycles. The van der Waals surface area contributed by atoms with Gasteiger partial charge in [0.15, 0.2) is 6.04 Å². The van der Waals surface area contributed by atoms with Crippen LogP contribution < -0.4 is 4.90 Å². The third kappa shape index (κ3) is 2.06. The largest absolute Gasteiger partial charge is 0.326 e. The molecule has 0 aliphatic carbocycles. The zero-order valence-corrected chi connectivity index (χ0v) is 13.6. The van der Waals surface area contributed by atoms with Crippen LogP contribution in [0.2, 0.25) is 0 Å². The number of hydrogen-bond acceptors (Lipinski definition) is 2. The van der Waals surface area contributed by atoms with Crippen LogP contribution in [0.3, 0.4) is 0 Å². The van der Waals surface area contributed by atoms with E-state index >= 15 is 0 Å². The Balaban J connectivity index is 1.77. The maximum Gasteiger partial charge on any atom is 0.240 e. The molecule has 0 aromatic heterocycles. The highest BCUT2D eigenvalue weighted by Crippen LogP contribution is 2.36. The molecule has 2 atom stereocenters. The van der Waals surface area contributed by atoms with Gasteiger partial charge in [-0.05, 0) is 17.7 Å². The van der Waals surface area contributed by atoms with Gasteiger partial charge >= 0.3 is 0 Å². The van der Waals surface area contributed by atoms with Gasteiger partial charge < -0.3 is 4.90 Å². The summed E-state index contributed by atoms with van der Waals surface area (Å²) in [7, 11) is 0. The summed E-state index contributed by atoms with van der Waals surface area (Å²) in [5.74, 6) is 0.639. The smallest absolute Gasteiger partial charge is 0.240 e. The van der Waals surface area contributed by atoms with Gasteiger partial charge in [-0.15, -0.1) is 0 Å². The van der Waals surface area contributed by atoms with Gasteiger partial charge in [0.1, 0.15) is 11.8 Å². The normalized spacial score (nSPS) is 33.8. The summed E-state index contributed by atoms with van der Waals surface area (Å²) in [5.41, 5.74) is 2.46. The Morgan fingerprint density at radius 3 is 2.57 bits per heavy atom. The fourth-order valence-electron chi connectivity index (χ4n) is 4.17. The molecular weight excluding hydrogens is 330 g/mol. The Morgan fingerprint density at radius 2 is 1.95 bits per heavy atom. The molecule has 21 heavy (non-hydrogen) atoms. The molecule has 1 aromatic rings. The van der Waals surface area contributed by atoms with Crippen LogP contribution >= 0.6 is 15.9 Å². The van der Waals surface area contributed by atoms with Crippen LogP contribution in [0.1, 0.15) is 31.4 Å². The van der Waals surface area contributed by atoms with E-state index < -0.39 is 0 Å². The van der Waals surface area contributed by atoms with Gasteiger partial charge in [-0.25, -0.2) is 5.01 Å². The zero-order valence-electron chi connectivity index (χ0n) is 12.1. The number of carbonyl (C=O) groups is 1. The first-order valence-corrected chi connectivity index (χ1v) is 8.42. The molecule has 1 amide bonds. The number of halogens is 1. The van der Waals surface area contributed by atoms with Crippen LogP contribution in [0.4, 0.5) is 0 Å². The molecular formula is C16H19BrN3O+. The molecule has 0 unspecified atom stereocenters. The first-order chi connectivity index (χ1) is 10.1. The number of nitrogens with zero attached hydrogens (tertiary/aromatic N) is 2. The molecule has 3 saturated heterocycles. The summed E-state index contributed by atoms with van der Waals surface area (Å²) in [5, 5.41) is 6.47. The third-order valence-electron chi connectivity index (χ3n) is 5.14. The van der Waals surface area contributed by atoms with Gasteiger partial charge in [-0.1, -0.05) is 28.1 Å². The number of rotatable bonds is 1. The molecule has 0 saturated carbocycles. The number of piperidine rings is 3. The van der Waals surface area contributed by atoms with Crippen LogP contribution in [0.25, 0.3) is 0 Å². The fourth-order valence-corrected chi connectivity index (χ4v) is 4.44. The van der Waals surface area contributed by atoms with E-state index in [9.17, 15) is 4.79 Å². The summed E-state index contributed by atoms with van der Waals surface area (Å²) in [6.45, 7) is 4.06. The van der Waals surface area contributed by atoms with Crippen LogP contribution in [-0.4, -0.2) is 35.8 Å². The highest BCUT2D eigenvalue weighted by Gasteiger charge is 2.53. The third-order valence-corrected chi connectivity index (χ3v) is 5.67. The highest BCUT2D eigenvalue weighted by molar-refractivity contribution is 9.10. The lowest BCUT2D eigenvalue weighted by Crippen LogP contribution is -3.20. The summed E-state index contributed by atoms with van der Waals surface area (Å²) < 4.78 is 1.07. The number of quaternary nitrogens is 1. The van der Waals surface area contributed by atoms with Gasteiger partial charge in [-0.3, -0.25) is 4.79 Å². The second kappa shape index (κ2) is 4.92. The molecule has 0 spiro atoms. The monoisotopic (exact) mass is 348 g/mol. The maximum atomic E-state index is 12.1. The van der Waals surface area contributed by atoms with Gasteiger partial charge in [-0.2, -0.15) is 5.10 Å². The molecule has 4 nitrogen and oxygen atoms in total. The van der Waals surface area contributed by atoms with Gasteiger partial charge in [0, 0.05) is 30.2 Å². The molecule has 3 fully saturated rings.